The molecule has 3 amide bonds. The number of hydrogen-bond donors (Lipinski definition) is 2. The Morgan fingerprint density at radius 2 is 1.65 bits per heavy atom. The molecule has 2 aromatic carbocycles. The van der Waals surface area contributed by atoms with E-state index in [9.17, 15) is 19.5 Å². The minimum absolute atomic E-state index is 0.0507. The van der Waals surface area contributed by atoms with Crippen molar-refractivity contribution in [1.82, 2.24) is 0 Å². The van der Waals surface area contributed by atoms with E-state index in [2.05, 4.69) is 5.32 Å². The third-order valence-corrected chi connectivity index (χ3v) is 4.37. The van der Waals surface area contributed by atoms with E-state index in [1.54, 1.807) is 36.4 Å². The van der Waals surface area contributed by atoms with Gasteiger partial charge in [-0.3, -0.25) is 14.4 Å². The number of aliphatic hydroxyl groups excluding tert-OH is 1. The number of aryl methyl sites for hydroxylation is 1. The summed E-state index contributed by atoms with van der Waals surface area (Å²) in [6.07, 6.45) is 0. The van der Waals surface area contributed by atoms with Crippen molar-refractivity contribution in [2.24, 2.45) is 0 Å². The van der Waals surface area contributed by atoms with Crippen LogP contribution < -0.4 is 10.2 Å². The van der Waals surface area contributed by atoms with Gasteiger partial charge in [0, 0.05) is 12.6 Å². The minimum Gasteiger partial charge on any atom is -0.502 e. The first-order chi connectivity index (χ1) is 12.3. The first kappa shape index (κ1) is 17.4. The van der Waals surface area contributed by atoms with E-state index in [0.717, 1.165) is 16.0 Å². The van der Waals surface area contributed by atoms with Gasteiger partial charge in [0.1, 0.15) is 0 Å². The summed E-state index contributed by atoms with van der Waals surface area (Å²) in [5, 5.41) is 12.9. The summed E-state index contributed by atoms with van der Waals surface area (Å²) < 4.78 is 0. The number of imide groups is 1. The molecule has 1 heterocycles. The first-order valence-electron chi connectivity index (χ1n) is 8.07. The Morgan fingerprint density at radius 1 is 1.00 bits per heavy atom. The number of anilines is 2. The fraction of sp³-hybridized carbons (Fsp3) is 0.150. The van der Waals surface area contributed by atoms with Crippen LogP contribution >= 0.6 is 0 Å². The van der Waals surface area contributed by atoms with Gasteiger partial charge in [0.05, 0.1) is 11.3 Å². The molecule has 2 aromatic rings. The number of rotatable bonds is 3. The Morgan fingerprint density at radius 3 is 2.27 bits per heavy atom. The highest BCUT2D eigenvalue weighted by Gasteiger charge is 2.40. The summed E-state index contributed by atoms with van der Waals surface area (Å²) in [5.41, 5.74) is 3.11. The molecule has 6 nitrogen and oxygen atoms in total. The summed E-state index contributed by atoms with van der Waals surface area (Å²) in [5.74, 6) is -2.12. The van der Waals surface area contributed by atoms with Crippen LogP contribution in [0.3, 0.4) is 0 Å². The average Bonchev–Trinajstić information content (AvgIpc) is 2.81. The number of hydrogen-bond acceptors (Lipinski definition) is 4. The second-order valence-electron chi connectivity index (χ2n) is 6.15. The van der Waals surface area contributed by atoms with Gasteiger partial charge in [-0.25, -0.2) is 4.90 Å². The van der Waals surface area contributed by atoms with Crippen LogP contribution in [0.25, 0.3) is 5.57 Å². The monoisotopic (exact) mass is 350 g/mol. The topological polar surface area (TPSA) is 86.7 Å². The van der Waals surface area contributed by atoms with E-state index in [-0.39, 0.29) is 11.5 Å². The molecule has 132 valence electrons. The summed E-state index contributed by atoms with van der Waals surface area (Å²) in [4.78, 5) is 37.5. The Labute approximate surface area is 150 Å². The van der Waals surface area contributed by atoms with Crippen molar-refractivity contribution in [2.75, 3.05) is 10.2 Å². The van der Waals surface area contributed by atoms with E-state index in [1.165, 1.54) is 6.92 Å². The third kappa shape index (κ3) is 2.86. The Hall–Kier alpha value is -3.41. The van der Waals surface area contributed by atoms with Crippen LogP contribution in [0.4, 0.5) is 11.4 Å². The van der Waals surface area contributed by atoms with Gasteiger partial charge in [-0.15, -0.1) is 0 Å². The van der Waals surface area contributed by atoms with Crippen molar-refractivity contribution in [1.29, 1.82) is 0 Å². The zero-order valence-corrected chi connectivity index (χ0v) is 14.7. The fourth-order valence-electron chi connectivity index (χ4n) is 2.90. The third-order valence-electron chi connectivity index (χ3n) is 4.37. The van der Waals surface area contributed by atoms with E-state index < -0.39 is 17.6 Å². The highest BCUT2D eigenvalue weighted by Crippen LogP contribution is 2.34. The molecule has 0 saturated heterocycles. The summed E-state index contributed by atoms with van der Waals surface area (Å²) in [7, 11) is 0. The molecular weight excluding hydrogens is 332 g/mol. The molecule has 0 aromatic heterocycles. The zero-order chi connectivity index (χ0) is 19.0. The molecule has 1 aliphatic heterocycles. The van der Waals surface area contributed by atoms with Gasteiger partial charge in [0.2, 0.25) is 5.91 Å². The lowest BCUT2D eigenvalue weighted by molar-refractivity contribution is -0.121. The zero-order valence-electron chi connectivity index (χ0n) is 14.7. The maximum atomic E-state index is 12.9. The molecule has 0 saturated carbocycles. The van der Waals surface area contributed by atoms with Crippen molar-refractivity contribution in [2.45, 2.75) is 20.8 Å². The predicted molar refractivity (Wildman–Crippen MR) is 98.7 cm³/mol. The molecule has 3 rings (SSSR count). The molecule has 2 N–H and O–H groups in total. The summed E-state index contributed by atoms with van der Waals surface area (Å²) in [6.45, 7) is 5.10. The minimum atomic E-state index is -0.746. The molecule has 0 atom stereocenters. The van der Waals surface area contributed by atoms with Crippen LogP contribution in [0.2, 0.25) is 0 Å². The highest BCUT2D eigenvalue weighted by molar-refractivity contribution is 6.45. The summed E-state index contributed by atoms with van der Waals surface area (Å²) in [6, 6.07) is 11.7. The van der Waals surface area contributed by atoms with Gasteiger partial charge in [0.15, 0.2) is 5.76 Å². The van der Waals surface area contributed by atoms with Crippen LogP contribution in [-0.2, 0) is 14.4 Å². The molecule has 6 heteroatoms. The Balaban J connectivity index is 1.99. The van der Waals surface area contributed by atoms with Crippen LogP contribution in [0.1, 0.15) is 23.6 Å². The van der Waals surface area contributed by atoms with E-state index >= 15 is 0 Å². The van der Waals surface area contributed by atoms with Crippen molar-refractivity contribution in [3.63, 3.8) is 0 Å². The number of amides is 3. The van der Waals surface area contributed by atoms with Gasteiger partial charge in [-0.1, -0.05) is 24.3 Å². The smallest absolute Gasteiger partial charge is 0.301 e. The predicted octanol–water partition coefficient (Wildman–Crippen LogP) is 3.10. The number of nitrogens with one attached hydrogen (secondary N) is 1. The van der Waals surface area contributed by atoms with E-state index in [1.807, 2.05) is 19.9 Å². The van der Waals surface area contributed by atoms with Crippen LogP contribution in [0.5, 0.6) is 0 Å². The van der Waals surface area contributed by atoms with Gasteiger partial charge in [-0.2, -0.15) is 0 Å². The Bertz CT molecular complexity index is 958. The van der Waals surface area contributed by atoms with Crippen molar-refractivity contribution in [3.05, 3.63) is 64.9 Å². The number of nitrogens with zero attached hydrogens (tertiary/aromatic N) is 1. The van der Waals surface area contributed by atoms with Crippen molar-refractivity contribution >= 4 is 34.7 Å². The second-order valence-corrected chi connectivity index (χ2v) is 6.15. The number of benzene rings is 2. The average molecular weight is 350 g/mol. The molecule has 0 spiro atoms. The van der Waals surface area contributed by atoms with Gasteiger partial charge < -0.3 is 10.4 Å². The quantitative estimate of drug-likeness (QED) is 0.833. The lowest BCUT2D eigenvalue weighted by atomic mass is 10.0. The molecule has 26 heavy (non-hydrogen) atoms. The molecule has 0 aliphatic carbocycles. The van der Waals surface area contributed by atoms with Crippen molar-refractivity contribution < 1.29 is 19.5 Å². The SMILES string of the molecule is CC(=O)Nc1ccc(C2=C(O)C(=O)N(c3cccc(C)c3C)C2=O)cc1. The standard InChI is InChI=1S/C20H18N2O4/c1-11-5-4-6-16(12(11)2)22-19(25)17(18(24)20(22)26)14-7-9-15(10-8-14)21-13(3)23/h4-10,24H,1-3H3,(H,21,23). The maximum Gasteiger partial charge on any atom is 0.301 e. The maximum absolute atomic E-state index is 12.9. The van der Waals surface area contributed by atoms with Crippen LogP contribution in [-0.4, -0.2) is 22.8 Å². The lowest BCUT2D eigenvalue weighted by Gasteiger charge is -2.18. The summed E-state index contributed by atoms with van der Waals surface area (Å²) >= 11 is 0. The normalized spacial score (nSPS) is 14.2. The molecule has 0 bridgehead atoms. The molecular formula is C20H18N2O4. The van der Waals surface area contributed by atoms with Gasteiger partial charge >= 0.3 is 5.91 Å². The van der Waals surface area contributed by atoms with Gasteiger partial charge in [0.25, 0.3) is 5.91 Å². The van der Waals surface area contributed by atoms with Gasteiger partial charge in [-0.05, 0) is 48.7 Å². The number of carbonyl (C=O) groups is 3. The lowest BCUT2D eigenvalue weighted by Crippen LogP contribution is -2.32. The van der Waals surface area contributed by atoms with Crippen LogP contribution in [0, 0.1) is 13.8 Å². The fourth-order valence-corrected chi connectivity index (χ4v) is 2.90. The molecule has 0 unspecified atom stereocenters. The largest absolute Gasteiger partial charge is 0.502 e. The molecule has 0 radical (unpaired) electrons. The Kier molecular flexibility index (Phi) is 4.34. The van der Waals surface area contributed by atoms with Crippen molar-refractivity contribution in [3.8, 4) is 0 Å². The first-order valence-corrected chi connectivity index (χ1v) is 8.07. The number of carbonyl (C=O) groups excluding carboxylic acids is 3. The van der Waals surface area contributed by atoms with E-state index in [4.69, 9.17) is 0 Å². The highest BCUT2D eigenvalue weighted by atomic mass is 16.3. The number of aliphatic hydroxyl groups is 1. The second kappa shape index (κ2) is 6.48. The molecule has 1 aliphatic rings. The molecule has 0 fully saturated rings. The van der Waals surface area contributed by atoms with Crippen LogP contribution in [0.15, 0.2) is 48.2 Å². The van der Waals surface area contributed by atoms with E-state index in [0.29, 0.717) is 16.9 Å².